The molecule has 1 heterocycles. The van der Waals surface area contributed by atoms with E-state index in [1.165, 1.54) is 54.6 Å². The number of allylic oxidation sites excluding steroid dienone is 1. The van der Waals surface area contributed by atoms with Crippen molar-refractivity contribution in [3.05, 3.63) is 66.5 Å². The molecule has 2 aromatic carbocycles. The Bertz CT molecular complexity index is 1050. The van der Waals surface area contributed by atoms with Gasteiger partial charge in [-0.15, -0.1) is 16.8 Å². The summed E-state index contributed by atoms with van der Waals surface area (Å²) in [6.07, 6.45) is 8.03. The van der Waals surface area contributed by atoms with Crippen LogP contribution in [0.15, 0.2) is 60.3 Å². The summed E-state index contributed by atoms with van der Waals surface area (Å²) < 4.78 is 2.13. The van der Waals surface area contributed by atoms with Gasteiger partial charge in [0.1, 0.15) is 5.82 Å². The quantitative estimate of drug-likeness (QED) is 0.368. The summed E-state index contributed by atoms with van der Waals surface area (Å²) in [7, 11) is 0. The lowest BCUT2D eigenvalue weighted by Crippen LogP contribution is -2.28. The van der Waals surface area contributed by atoms with E-state index < -0.39 is 0 Å². The lowest BCUT2D eigenvalue weighted by Gasteiger charge is -2.21. The summed E-state index contributed by atoms with van der Waals surface area (Å²) in [6, 6.07) is 14.4. The SMILES string of the molecule is C=CCn1c(SCC(=O)N[C@@H](C)c2cccc3ccccc23)nnc1C1CCCCC1. The van der Waals surface area contributed by atoms with E-state index in [0.717, 1.165) is 16.5 Å². The molecular formula is C25H30N4OS. The molecular weight excluding hydrogens is 404 g/mol. The van der Waals surface area contributed by atoms with Crippen molar-refractivity contribution in [3.8, 4) is 0 Å². The summed E-state index contributed by atoms with van der Waals surface area (Å²) in [6.45, 7) is 6.60. The van der Waals surface area contributed by atoms with Gasteiger partial charge < -0.3 is 9.88 Å². The molecule has 1 aliphatic rings. The summed E-state index contributed by atoms with van der Waals surface area (Å²) in [5.74, 6) is 1.83. The van der Waals surface area contributed by atoms with E-state index in [1.54, 1.807) is 0 Å². The van der Waals surface area contributed by atoms with Crippen molar-refractivity contribution in [3.63, 3.8) is 0 Å². The topological polar surface area (TPSA) is 59.8 Å². The summed E-state index contributed by atoms with van der Waals surface area (Å²) in [4.78, 5) is 12.7. The molecule has 1 amide bonds. The Labute approximate surface area is 188 Å². The van der Waals surface area contributed by atoms with Gasteiger partial charge in [0.15, 0.2) is 5.16 Å². The molecule has 1 atom stereocenters. The molecule has 1 aromatic heterocycles. The minimum Gasteiger partial charge on any atom is -0.349 e. The minimum absolute atomic E-state index is 0.00203. The van der Waals surface area contributed by atoms with Gasteiger partial charge in [0.25, 0.3) is 0 Å². The number of carbonyl (C=O) groups is 1. The van der Waals surface area contributed by atoms with E-state index in [-0.39, 0.29) is 11.9 Å². The highest BCUT2D eigenvalue weighted by molar-refractivity contribution is 7.99. The second-order valence-electron chi connectivity index (χ2n) is 8.22. The molecule has 162 valence electrons. The molecule has 0 spiro atoms. The first-order valence-corrected chi connectivity index (χ1v) is 12.1. The highest BCUT2D eigenvalue weighted by Crippen LogP contribution is 2.33. The lowest BCUT2D eigenvalue weighted by atomic mass is 9.89. The Morgan fingerprint density at radius 3 is 2.77 bits per heavy atom. The normalized spacial score (nSPS) is 15.6. The summed E-state index contributed by atoms with van der Waals surface area (Å²) >= 11 is 1.45. The van der Waals surface area contributed by atoms with Crippen LogP contribution < -0.4 is 5.32 Å². The van der Waals surface area contributed by atoms with Gasteiger partial charge in [-0.1, -0.05) is 79.6 Å². The highest BCUT2D eigenvalue weighted by Gasteiger charge is 2.23. The number of carbonyl (C=O) groups excluding carboxylic acids is 1. The Hall–Kier alpha value is -2.60. The van der Waals surface area contributed by atoms with Crippen LogP contribution in [-0.4, -0.2) is 26.4 Å². The summed E-state index contributed by atoms with van der Waals surface area (Å²) in [5.41, 5.74) is 1.13. The Balaban J connectivity index is 1.41. The second kappa shape index (κ2) is 10.1. The molecule has 6 heteroatoms. The van der Waals surface area contributed by atoms with Crippen LogP contribution in [0.25, 0.3) is 10.8 Å². The fourth-order valence-corrected chi connectivity index (χ4v) is 5.26. The molecule has 3 aromatic rings. The standard InChI is InChI=1S/C25H30N4OS/c1-3-16-29-24(20-11-5-4-6-12-20)27-28-25(29)31-17-23(30)26-18(2)21-15-9-13-19-10-7-8-14-22(19)21/h3,7-10,13-15,18,20H,1,4-6,11-12,16-17H2,2H3,(H,26,30)/t18-/m0/s1. The molecule has 1 aliphatic carbocycles. The molecule has 0 aliphatic heterocycles. The third-order valence-electron chi connectivity index (χ3n) is 6.03. The number of nitrogens with one attached hydrogen (secondary N) is 1. The maximum atomic E-state index is 12.7. The zero-order valence-corrected chi connectivity index (χ0v) is 18.9. The number of aromatic nitrogens is 3. The molecule has 4 rings (SSSR count). The maximum absolute atomic E-state index is 12.7. The molecule has 0 unspecified atom stereocenters. The van der Waals surface area contributed by atoms with Crippen LogP contribution in [0.5, 0.6) is 0 Å². The van der Waals surface area contributed by atoms with Crippen LogP contribution in [0.3, 0.4) is 0 Å². The van der Waals surface area contributed by atoms with Crippen molar-refractivity contribution >= 4 is 28.4 Å². The lowest BCUT2D eigenvalue weighted by molar-refractivity contribution is -0.119. The van der Waals surface area contributed by atoms with E-state index in [9.17, 15) is 4.79 Å². The van der Waals surface area contributed by atoms with Crippen molar-refractivity contribution in [2.45, 2.75) is 62.7 Å². The molecule has 1 saturated carbocycles. The fourth-order valence-electron chi connectivity index (χ4n) is 4.49. The van der Waals surface area contributed by atoms with Crippen molar-refractivity contribution < 1.29 is 4.79 Å². The van der Waals surface area contributed by atoms with Crippen molar-refractivity contribution in [2.24, 2.45) is 0 Å². The average Bonchev–Trinajstić information content (AvgIpc) is 3.20. The van der Waals surface area contributed by atoms with E-state index in [1.807, 2.05) is 31.2 Å². The number of benzene rings is 2. The molecule has 1 fully saturated rings. The predicted molar refractivity (Wildman–Crippen MR) is 127 cm³/mol. The monoisotopic (exact) mass is 434 g/mol. The van der Waals surface area contributed by atoms with Crippen LogP contribution in [0, 0.1) is 0 Å². The third kappa shape index (κ3) is 5.01. The smallest absolute Gasteiger partial charge is 0.230 e. The van der Waals surface area contributed by atoms with E-state index in [4.69, 9.17) is 0 Å². The number of hydrogen-bond donors (Lipinski definition) is 1. The van der Waals surface area contributed by atoms with Gasteiger partial charge in [0.05, 0.1) is 11.8 Å². The number of amides is 1. The van der Waals surface area contributed by atoms with Crippen molar-refractivity contribution in [2.75, 3.05) is 5.75 Å². The number of fused-ring (bicyclic) bond motifs is 1. The Morgan fingerprint density at radius 1 is 1.19 bits per heavy atom. The van der Waals surface area contributed by atoms with Crippen LogP contribution in [-0.2, 0) is 11.3 Å². The van der Waals surface area contributed by atoms with Gasteiger partial charge in [-0.3, -0.25) is 4.79 Å². The Morgan fingerprint density at radius 2 is 1.97 bits per heavy atom. The molecule has 1 N–H and O–H groups in total. The van der Waals surface area contributed by atoms with Crippen LogP contribution in [0.2, 0.25) is 0 Å². The zero-order chi connectivity index (χ0) is 21.6. The molecule has 0 radical (unpaired) electrons. The third-order valence-corrected chi connectivity index (χ3v) is 6.99. The molecule has 5 nitrogen and oxygen atoms in total. The van der Waals surface area contributed by atoms with Crippen LogP contribution >= 0.6 is 11.8 Å². The predicted octanol–water partition coefficient (Wildman–Crippen LogP) is 5.63. The van der Waals surface area contributed by atoms with Gasteiger partial charge in [-0.05, 0) is 36.1 Å². The minimum atomic E-state index is -0.0666. The van der Waals surface area contributed by atoms with Gasteiger partial charge in [-0.2, -0.15) is 0 Å². The fraction of sp³-hybridized carbons (Fsp3) is 0.400. The zero-order valence-electron chi connectivity index (χ0n) is 18.1. The van der Waals surface area contributed by atoms with Gasteiger partial charge in [-0.25, -0.2) is 0 Å². The number of hydrogen-bond acceptors (Lipinski definition) is 4. The number of rotatable bonds is 8. The highest BCUT2D eigenvalue weighted by atomic mass is 32.2. The van der Waals surface area contributed by atoms with E-state index >= 15 is 0 Å². The van der Waals surface area contributed by atoms with Gasteiger partial charge in [0, 0.05) is 12.5 Å². The van der Waals surface area contributed by atoms with Crippen LogP contribution in [0.4, 0.5) is 0 Å². The van der Waals surface area contributed by atoms with Crippen LogP contribution in [0.1, 0.15) is 62.4 Å². The molecule has 0 saturated heterocycles. The van der Waals surface area contributed by atoms with E-state index in [0.29, 0.717) is 18.2 Å². The first-order chi connectivity index (χ1) is 15.2. The second-order valence-corrected chi connectivity index (χ2v) is 9.16. The first kappa shape index (κ1) is 21.6. The maximum Gasteiger partial charge on any atom is 0.230 e. The van der Waals surface area contributed by atoms with E-state index in [2.05, 4.69) is 50.9 Å². The summed E-state index contributed by atoms with van der Waals surface area (Å²) in [5, 5.41) is 15.2. The molecule has 0 bridgehead atoms. The average molecular weight is 435 g/mol. The number of nitrogens with zero attached hydrogens (tertiary/aromatic N) is 3. The first-order valence-electron chi connectivity index (χ1n) is 11.1. The van der Waals surface area contributed by atoms with Gasteiger partial charge >= 0.3 is 0 Å². The Kier molecular flexibility index (Phi) is 7.07. The largest absolute Gasteiger partial charge is 0.349 e. The molecule has 31 heavy (non-hydrogen) atoms. The number of thioether (sulfide) groups is 1. The van der Waals surface area contributed by atoms with Crippen molar-refractivity contribution in [1.82, 2.24) is 20.1 Å². The van der Waals surface area contributed by atoms with Crippen molar-refractivity contribution in [1.29, 1.82) is 0 Å². The van der Waals surface area contributed by atoms with Gasteiger partial charge in [0.2, 0.25) is 5.91 Å².